The van der Waals surface area contributed by atoms with Crippen molar-refractivity contribution >= 4 is 51.8 Å². The molecule has 6 nitrogen and oxygen atoms in total. The van der Waals surface area contributed by atoms with Crippen LogP contribution in [0.4, 0.5) is 5.69 Å². The molecule has 1 aromatic heterocycles. The minimum absolute atomic E-state index is 0.146. The second-order valence-corrected chi connectivity index (χ2v) is 9.17. The van der Waals surface area contributed by atoms with Gasteiger partial charge in [0.1, 0.15) is 12.2 Å². The minimum Gasteiger partial charge on any atom is -0.341 e. The molecule has 0 aliphatic carbocycles. The lowest BCUT2D eigenvalue weighted by atomic mass is 10.1. The predicted octanol–water partition coefficient (Wildman–Crippen LogP) is 4.48. The highest BCUT2D eigenvalue weighted by atomic mass is 32.1. The van der Waals surface area contributed by atoms with Gasteiger partial charge in [0.25, 0.3) is 5.91 Å². The molecule has 0 bridgehead atoms. The Morgan fingerprint density at radius 2 is 1.82 bits per heavy atom. The SMILES string of the molecule is CCc1cccc2c(/C=C3\NC(=S)N(c4ccccc4)C3=O)cn(CC(=O)N3CCCCC3)c12. The lowest BCUT2D eigenvalue weighted by Gasteiger charge is -2.27. The molecule has 2 aliphatic heterocycles. The minimum atomic E-state index is -0.187. The molecule has 2 saturated heterocycles. The van der Waals surface area contributed by atoms with E-state index in [9.17, 15) is 9.59 Å². The number of carbonyl (C=O) groups excluding carboxylic acids is 2. The largest absolute Gasteiger partial charge is 0.341 e. The average molecular weight is 473 g/mol. The topological polar surface area (TPSA) is 57.6 Å². The van der Waals surface area contributed by atoms with Gasteiger partial charge in [0.15, 0.2) is 5.11 Å². The molecule has 2 fully saturated rings. The Balaban J connectivity index is 1.51. The number of para-hydroxylation sites is 2. The predicted molar refractivity (Wildman–Crippen MR) is 139 cm³/mol. The molecule has 3 heterocycles. The van der Waals surface area contributed by atoms with Crippen LogP contribution in [0.1, 0.15) is 37.3 Å². The zero-order valence-electron chi connectivity index (χ0n) is 19.3. The Kier molecular flexibility index (Phi) is 6.20. The highest BCUT2D eigenvalue weighted by Crippen LogP contribution is 2.29. The molecular formula is C27H28N4O2S. The lowest BCUT2D eigenvalue weighted by molar-refractivity contribution is -0.132. The molecule has 7 heteroatoms. The number of likely N-dealkylation sites (tertiary alicyclic amines) is 1. The van der Waals surface area contributed by atoms with E-state index in [1.54, 1.807) is 0 Å². The maximum Gasteiger partial charge on any atom is 0.281 e. The van der Waals surface area contributed by atoms with E-state index in [0.717, 1.165) is 54.5 Å². The summed E-state index contributed by atoms with van der Waals surface area (Å²) in [5.41, 5.74) is 4.29. The van der Waals surface area contributed by atoms with Crippen molar-refractivity contribution < 1.29 is 9.59 Å². The average Bonchev–Trinajstić information content (AvgIpc) is 3.36. The first-order valence-corrected chi connectivity index (χ1v) is 12.3. The van der Waals surface area contributed by atoms with E-state index in [1.807, 2.05) is 58.1 Å². The van der Waals surface area contributed by atoms with Gasteiger partial charge in [-0.15, -0.1) is 0 Å². The van der Waals surface area contributed by atoms with Crippen molar-refractivity contribution in [3.05, 3.63) is 71.6 Å². The van der Waals surface area contributed by atoms with Gasteiger partial charge in [-0.1, -0.05) is 43.3 Å². The summed E-state index contributed by atoms with van der Waals surface area (Å²) in [7, 11) is 0. The van der Waals surface area contributed by atoms with Crippen LogP contribution in [-0.2, 0) is 22.6 Å². The third kappa shape index (κ3) is 4.12. The Morgan fingerprint density at radius 3 is 2.56 bits per heavy atom. The number of piperidine rings is 1. The normalized spacial score (nSPS) is 17.6. The van der Waals surface area contributed by atoms with Crippen molar-refractivity contribution in [2.24, 2.45) is 0 Å². The van der Waals surface area contributed by atoms with E-state index >= 15 is 0 Å². The molecule has 3 aromatic rings. The van der Waals surface area contributed by atoms with Gasteiger partial charge in [-0.2, -0.15) is 0 Å². The Hall–Kier alpha value is -3.45. The number of benzene rings is 2. The molecule has 34 heavy (non-hydrogen) atoms. The quantitative estimate of drug-likeness (QED) is 0.440. The first-order chi connectivity index (χ1) is 16.6. The molecule has 1 N–H and O–H groups in total. The summed E-state index contributed by atoms with van der Waals surface area (Å²) in [5.74, 6) is -0.0404. The van der Waals surface area contributed by atoms with Gasteiger partial charge < -0.3 is 14.8 Å². The van der Waals surface area contributed by atoms with Crippen molar-refractivity contribution in [3.63, 3.8) is 0 Å². The van der Waals surface area contributed by atoms with Crippen molar-refractivity contribution in [1.29, 1.82) is 0 Å². The highest BCUT2D eigenvalue weighted by Gasteiger charge is 2.32. The van der Waals surface area contributed by atoms with E-state index in [1.165, 1.54) is 16.9 Å². The van der Waals surface area contributed by atoms with E-state index in [-0.39, 0.29) is 11.8 Å². The molecule has 5 rings (SSSR count). The van der Waals surface area contributed by atoms with Crippen LogP contribution >= 0.6 is 12.2 Å². The number of nitrogens with zero attached hydrogens (tertiary/aromatic N) is 3. The molecule has 0 unspecified atom stereocenters. The van der Waals surface area contributed by atoms with Crippen LogP contribution in [0.15, 0.2) is 60.4 Å². The van der Waals surface area contributed by atoms with Crippen molar-refractivity contribution in [2.45, 2.75) is 39.2 Å². The number of anilines is 1. The number of hydrogen-bond acceptors (Lipinski definition) is 3. The van der Waals surface area contributed by atoms with E-state index < -0.39 is 0 Å². The van der Waals surface area contributed by atoms with Gasteiger partial charge in [0.05, 0.1) is 11.2 Å². The fourth-order valence-electron chi connectivity index (χ4n) is 4.88. The summed E-state index contributed by atoms with van der Waals surface area (Å²) in [6, 6.07) is 15.6. The third-order valence-electron chi connectivity index (χ3n) is 6.60. The number of hydrogen-bond donors (Lipinski definition) is 1. The van der Waals surface area contributed by atoms with Crippen LogP contribution in [-0.4, -0.2) is 39.5 Å². The van der Waals surface area contributed by atoms with Crippen LogP contribution in [0, 0.1) is 0 Å². The van der Waals surface area contributed by atoms with Crippen molar-refractivity contribution in [2.75, 3.05) is 18.0 Å². The molecule has 0 radical (unpaired) electrons. The smallest absolute Gasteiger partial charge is 0.281 e. The molecule has 2 amide bonds. The molecule has 0 spiro atoms. The second-order valence-electron chi connectivity index (χ2n) is 8.78. The van der Waals surface area contributed by atoms with Crippen LogP contribution in [0.2, 0.25) is 0 Å². The van der Waals surface area contributed by atoms with Gasteiger partial charge in [-0.25, -0.2) is 0 Å². The van der Waals surface area contributed by atoms with E-state index in [4.69, 9.17) is 12.2 Å². The summed E-state index contributed by atoms with van der Waals surface area (Å²) in [5, 5.41) is 4.47. The Labute approximate surface area is 204 Å². The van der Waals surface area contributed by atoms with Crippen molar-refractivity contribution in [3.8, 4) is 0 Å². The monoisotopic (exact) mass is 472 g/mol. The molecule has 174 valence electrons. The zero-order chi connectivity index (χ0) is 23.7. The third-order valence-corrected chi connectivity index (χ3v) is 6.89. The van der Waals surface area contributed by atoms with Gasteiger partial charge in [0, 0.05) is 30.2 Å². The number of fused-ring (bicyclic) bond motifs is 1. The van der Waals surface area contributed by atoms with Crippen LogP contribution < -0.4 is 10.2 Å². The molecule has 2 aliphatic rings. The number of aromatic nitrogens is 1. The maximum absolute atomic E-state index is 13.2. The molecular weight excluding hydrogens is 444 g/mol. The van der Waals surface area contributed by atoms with Gasteiger partial charge >= 0.3 is 0 Å². The van der Waals surface area contributed by atoms with E-state index in [2.05, 4.69) is 24.4 Å². The standard InChI is InChI=1S/C27H28N4O2S/c1-2-19-10-9-13-22-20(17-30(25(19)22)18-24(32)29-14-7-4-8-15-29)16-23-26(33)31(27(34)28-23)21-11-5-3-6-12-21/h3,5-6,9-13,16-17H,2,4,7-8,14-15,18H2,1H3,(H,28,34)/b23-16-. The maximum atomic E-state index is 13.2. The van der Waals surface area contributed by atoms with Crippen LogP contribution in [0.3, 0.4) is 0 Å². The summed E-state index contributed by atoms with van der Waals surface area (Å²) in [6.45, 7) is 4.09. The zero-order valence-corrected chi connectivity index (χ0v) is 20.1. The lowest BCUT2D eigenvalue weighted by Crippen LogP contribution is -2.37. The van der Waals surface area contributed by atoms with Crippen LogP contribution in [0.25, 0.3) is 17.0 Å². The summed E-state index contributed by atoms with van der Waals surface area (Å²) < 4.78 is 2.05. The number of aryl methyl sites for hydroxylation is 1. The number of thiocarbonyl (C=S) groups is 1. The van der Waals surface area contributed by atoms with Gasteiger partial charge in [0.2, 0.25) is 5.91 Å². The van der Waals surface area contributed by atoms with Gasteiger partial charge in [-0.3, -0.25) is 14.5 Å². The van der Waals surface area contributed by atoms with E-state index in [0.29, 0.717) is 17.4 Å². The fraction of sp³-hybridized carbons (Fsp3) is 0.296. The van der Waals surface area contributed by atoms with Gasteiger partial charge in [-0.05, 0) is 61.7 Å². The van der Waals surface area contributed by atoms with Crippen LogP contribution in [0.5, 0.6) is 0 Å². The first kappa shape index (κ1) is 22.3. The fourth-order valence-corrected chi connectivity index (χ4v) is 5.18. The second kappa shape index (κ2) is 9.43. The summed E-state index contributed by atoms with van der Waals surface area (Å²) in [4.78, 5) is 29.8. The molecule has 0 atom stereocenters. The number of amides is 2. The molecule has 2 aromatic carbocycles. The number of rotatable bonds is 5. The number of nitrogens with one attached hydrogen (secondary N) is 1. The first-order valence-electron chi connectivity index (χ1n) is 11.9. The summed E-state index contributed by atoms with van der Waals surface area (Å²) >= 11 is 5.46. The molecule has 0 saturated carbocycles. The Bertz CT molecular complexity index is 1290. The number of carbonyl (C=O) groups is 2. The van der Waals surface area contributed by atoms with Crippen molar-refractivity contribution in [1.82, 2.24) is 14.8 Å². The highest BCUT2D eigenvalue weighted by molar-refractivity contribution is 7.80. The Morgan fingerprint density at radius 1 is 1.06 bits per heavy atom. The summed E-state index contributed by atoms with van der Waals surface area (Å²) in [6.07, 6.45) is 8.03.